The number of halogens is 1. The van der Waals surface area contributed by atoms with Crippen LogP contribution < -0.4 is 4.90 Å². The first-order valence-corrected chi connectivity index (χ1v) is 6.18. The van der Waals surface area contributed by atoms with E-state index in [9.17, 15) is 0 Å². The Kier molecular flexibility index (Phi) is 3.24. The van der Waals surface area contributed by atoms with Crippen LogP contribution in [0.15, 0.2) is 16.9 Å². The minimum Gasteiger partial charge on any atom is -0.341 e. The molecule has 0 N–H and O–H groups in total. The number of hydrogen-bond acceptors (Lipinski definition) is 3. The molecule has 0 bridgehead atoms. The second-order valence-corrected chi connectivity index (χ2v) is 5.16. The Morgan fingerprint density at radius 1 is 1.40 bits per heavy atom. The van der Waals surface area contributed by atoms with Gasteiger partial charge in [-0.3, -0.25) is 0 Å². The average Bonchev–Trinajstić information content (AvgIpc) is 2.15. The smallest absolute Gasteiger partial charge is 0.225 e. The predicted molar refractivity (Wildman–Crippen MR) is 64.9 cm³/mol. The maximum atomic E-state index is 4.31. The third kappa shape index (κ3) is 2.30. The zero-order chi connectivity index (χ0) is 10.8. The molecule has 4 heteroatoms. The van der Waals surface area contributed by atoms with Gasteiger partial charge in [0.15, 0.2) is 0 Å². The van der Waals surface area contributed by atoms with E-state index < -0.39 is 0 Å². The van der Waals surface area contributed by atoms with Crippen LogP contribution in [0.2, 0.25) is 0 Å². The highest BCUT2D eigenvalue weighted by Crippen LogP contribution is 2.32. The average molecular weight is 270 g/mol. The maximum Gasteiger partial charge on any atom is 0.225 e. The Labute approximate surface area is 99.0 Å². The summed E-state index contributed by atoms with van der Waals surface area (Å²) in [5, 5.41) is 0. The zero-order valence-corrected chi connectivity index (χ0v) is 10.7. The van der Waals surface area contributed by atoms with E-state index in [2.05, 4.69) is 44.8 Å². The van der Waals surface area contributed by atoms with Crippen LogP contribution in [0.5, 0.6) is 0 Å². The summed E-state index contributed by atoms with van der Waals surface area (Å²) < 4.78 is 0.927. The Hall–Kier alpha value is -0.640. The van der Waals surface area contributed by atoms with Crippen LogP contribution in [0.1, 0.15) is 26.2 Å². The summed E-state index contributed by atoms with van der Waals surface area (Å²) in [7, 11) is 2.08. The van der Waals surface area contributed by atoms with Crippen molar-refractivity contribution < 1.29 is 0 Å². The maximum absolute atomic E-state index is 4.31. The van der Waals surface area contributed by atoms with Gasteiger partial charge in [0.25, 0.3) is 0 Å². The topological polar surface area (TPSA) is 29.0 Å². The van der Waals surface area contributed by atoms with Crippen LogP contribution in [0.25, 0.3) is 0 Å². The minimum absolute atomic E-state index is 0.542. The third-order valence-corrected chi connectivity index (χ3v) is 3.77. The Balaban J connectivity index is 2.05. The Bertz CT molecular complexity index is 321. The van der Waals surface area contributed by atoms with Crippen LogP contribution in [-0.4, -0.2) is 23.1 Å². The molecule has 0 spiro atoms. The molecule has 1 saturated carbocycles. The van der Waals surface area contributed by atoms with Gasteiger partial charge in [-0.05, 0) is 41.6 Å². The fraction of sp³-hybridized carbons (Fsp3) is 0.636. The Morgan fingerprint density at radius 2 is 2.00 bits per heavy atom. The van der Waals surface area contributed by atoms with Crippen LogP contribution in [-0.2, 0) is 0 Å². The molecule has 0 amide bonds. The van der Waals surface area contributed by atoms with Gasteiger partial charge in [0, 0.05) is 25.5 Å². The van der Waals surface area contributed by atoms with Crippen molar-refractivity contribution in [2.24, 2.45) is 5.92 Å². The van der Waals surface area contributed by atoms with Gasteiger partial charge in [0.2, 0.25) is 5.95 Å². The Morgan fingerprint density at radius 3 is 2.47 bits per heavy atom. The summed E-state index contributed by atoms with van der Waals surface area (Å²) in [5.74, 6) is 1.64. The first-order valence-electron chi connectivity index (χ1n) is 5.39. The molecule has 1 unspecified atom stereocenters. The molecule has 1 atom stereocenters. The van der Waals surface area contributed by atoms with Crippen molar-refractivity contribution in [2.45, 2.75) is 32.2 Å². The van der Waals surface area contributed by atoms with E-state index in [4.69, 9.17) is 0 Å². The van der Waals surface area contributed by atoms with Gasteiger partial charge in [-0.1, -0.05) is 6.42 Å². The largest absolute Gasteiger partial charge is 0.341 e. The zero-order valence-electron chi connectivity index (χ0n) is 9.15. The first kappa shape index (κ1) is 10.9. The molecule has 0 radical (unpaired) electrons. The van der Waals surface area contributed by atoms with E-state index in [1.165, 1.54) is 19.3 Å². The molecule has 0 saturated heterocycles. The van der Waals surface area contributed by atoms with E-state index in [1.54, 1.807) is 12.4 Å². The quantitative estimate of drug-likeness (QED) is 0.845. The summed E-state index contributed by atoms with van der Waals surface area (Å²) in [4.78, 5) is 10.8. The molecule has 0 aromatic carbocycles. The molecule has 1 aromatic heterocycles. The predicted octanol–water partition coefficient (Wildman–Crippen LogP) is 2.86. The van der Waals surface area contributed by atoms with E-state index in [0.29, 0.717) is 6.04 Å². The third-order valence-electron chi connectivity index (χ3n) is 3.37. The van der Waals surface area contributed by atoms with Crippen molar-refractivity contribution in [3.63, 3.8) is 0 Å². The standard InChI is InChI=1S/C11H16BrN3/c1-8(9-4-3-5-9)15(2)11-13-6-10(12)7-14-11/h6-9H,3-5H2,1-2H3. The van der Waals surface area contributed by atoms with Gasteiger partial charge in [-0.2, -0.15) is 0 Å². The van der Waals surface area contributed by atoms with Crippen LogP contribution in [0.4, 0.5) is 5.95 Å². The SMILES string of the molecule is CC(C1CCC1)N(C)c1ncc(Br)cn1. The highest BCUT2D eigenvalue weighted by molar-refractivity contribution is 9.10. The van der Waals surface area contributed by atoms with Gasteiger partial charge in [-0.25, -0.2) is 9.97 Å². The lowest BCUT2D eigenvalue weighted by atomic mass is 9.80. The number of aromatic nitrogens is 2. The summed E-state index contributed by atoms with van der Waals surface area (Å²) in [6.07, 6.45) is 7.67. The molecule has 1 fully saturated rings. The van der Waals surface area contributed by atoms with E-state index in [1.807, 2.05) is 0 Å². The van der Waals surface area contributed by atoms with Crippen molar-refractivity contribution in [3.8, 4) is 0 Å². The van der Waals surface area contributed by atoms with Crippen LogP contribution in [0.3, 0.4) is 0 Å². The molecular weight excluding hydrogens is 254 g/mol. The summed E-state index contributed by atoms with van der Waals surface area (Å²) in [6.45, 7) is 2.26. The fourth-order valence-corrected chi connectivity index (χ4v) is 2.11. The molecule has 15 heavy (non-hydrogen) atoms. The van der Waals surface area contributed by atoms with Crippen molar-refractivity contribution in [1.82, 2.24) is 9.97 Å². The van der Waals surface area contributed by atoms with Crippen molar-refractivity contribution in [1.29, 1.82) is 0 Å². The molecule has 82 valence electrons. The summed E-state index contributed by atoms with van der Waals surface area (Å²) >= 11 is 3.34. The highest BCUT2D eigenvalue weighted by Gasteiger charge is 2.27. The minimum atomic E-state index is 0.542. The monoisotopic (exact) mass is 269 g/mol. The number of anilines is 1. The summed E-state index contributed by atoms with van der Waals surface area (Å²) in [6, 6.07) is 0.542. The van der Waals surface area contributed by atoms with Gasteiger partial charge in [-0.15, -0.1) is 0 Å². The molecule has 0 aliphatic heterocycles. The molecule has 3 nitrogen and oxygen atoms in total. The van der Waals surface area contributed by atoms with Crippen LogP contribution >= 0.6 is 15.9 Å². The molecule has 1 aliphatic rings. The lowest BCUT2D eigenvalue weighted by Gasteiger charge is -2.37. The van der Waals surface area contributed by atoms with E-state index >= 15 is 0 Å². The van der Waals surface area contributed by atoms with E-state index in [0.717, 1.165) is 16.3 Å². The van der Waals surface area contributed by atoms with E-state index in [-0.39, 0.29) is 0 Å². The van der Waals surface area contributed by atoms with Gasteiger partial charge < -0.3 is 4.90 Å². The van der Waals surface area contributed by atoms with Crippen molar-refractivity contribution in [2.75, 3.05) is 11.9 Å². The fourth-order valence-electron chi connectivity index (χ4n) is 1.91. The molecule has 2 rings (SSSR count). The lowest BCUT2D eigenvalue weighted by Crippen LogP contribution is -2.39. The van der Waals surface area contributed by atoms with Crippen molar-refractivity contribution in [3.05, 3.63) is 16.9 Å². The number of nitrogens with zero attached hydrogens (tertiary/aromatic N) is 3. The highest BCUT2D eigenvalue weighted by atomic mass is 79.9. The molecular formula is C11H16BrN3. The second-order valence-electron chi connectivity index (χ2n) is 4.24. The first-order chi connectivity index (χ1) is 7.18. The molecule has 1 heterocycles. The van der Waals surface area contributed by atoms with Crippen LogP contribution in [0, 0.1) is 5.92 Å². The second kappa shape index (κ2) is 4.47. The molecule has 1 aliphatic carbocycles. The van der Waals surface area contributed by atoms with Gasteiger partial charge in [0.1, 0.15) is 0 Å². The lowest BCUT2D eigenvalue weighted by molar-refractivity contribution is 0.266. The summed E-state index contributed by atoms with van der Waals surface area (Å²) in [5.41, 5.74) is 0. The van der Waals surface area contributed by atoms with Gasteiger partial charge >= 0.3 is 0 Å². The van der Waals surface area contributed by atoms with Crippen molar-refractivity contribution >= 4 is 21.9 Å². The van der Waals surface area contributed by atoms with Gasteiger partial charge in [0.05, 0.1) is 4.47 Å². The normalized spacial score (nSPS) is 18.3. The molecule has 1 aromatic rings. The number of hydrogen-bond donors (Lipinski definition) is 0. The number of rotatable bonds is 3.